The molecule has 0 saturated carbocycles. The van der Waals surface area contributed by atoms with Crippen molar-refractivity contribution in [2.75, 3.05) is 12.0 Å². The predicted molar refractivity (Wildman–Crippen MR) is 65.1 cm³/mol. The predicted octanol–water partition coefficient (Wildman–Crippen LogP) is 1.48. The van der Waals surface area contributed by atoms with Crippen LogP contribution in [0.1, 0.15) is 11.7 Å². The number of nitrogen functional groups attached to an aromatic ring is 1. The number of benzene rings is 1. The van der Waals surface area contributed by atoms with E-state index in [1.165, 1.54) is 12.1 Å². The van der Waals surface area contributed by atoms with E-state index in [0.717, 1.165) is 6.26 Å². The van der Waals surface area contributed by atoms with Gasteiger partial charge in [0.2, 0.25) is 3.67 Å². The van der Waals surface area contributed by atoms with E-state index in [1.54, 1.807) is 12.1 Å². The lowest BCUT2D eigenvalue weighted by Gasteiger charge is -2.24. The van der Waals surface area contributed by atoms with Crippen molar-refractivity contribution in [2.24, 2.45) is 0 Å². The van der Waals surface area contributed by atoms with Crippen molar-refractivity contribution >= 4 is 38.7 Å². The molecule has 0 aliphatic heterocycles. The Morgan fingerprint density at radius 2 is 2.00 bits per heavy atom. The molecule has 0 radical (unpaired) electrons. The summed E-state index contributed by atoms with van der Waals surface area (Å²) in [5.74, 6) is 0. The highest BCUT2D eigenvalue weighted by Gasteiger charge is 2.44. The second-order valence-corrected chi connectivity index (χ2v) is 7.43. The number of halogens is 2. The molecule has 0 bridgehead atoms. The third-order valence-corrected chi connectivity index (χ3v) is 5.35. The largest absolute Gasteiger partial charge is 0.399 e. The number of aliphatic hydroxyl groups is 1. The Morgan fingerprint density at radius 1 is 1.44 bits per heavy atom. The Hall–Kier alpha value is -0.490. The van der Waals surface area contributed by atoms with Gasteiger partial charge in [-0.05, 0) is 17.7 Å². The summed E-state index contributed by atoms with van der Waals surface area (Å²) in [6, 6.07) is 6.07. The molecule has 90 valence electrons. The lowest BCUT2D eigenvalue weighted by molar-refractivity contribution is 0.181. The van der Waals surface area contributed by atoms with E-state index in [4.69, 9.17) is 28.9 Å². The minimum Gasteiger partial charge on any atom is -0.399 e. The molecule has 7 heteroatoms. The molecule has 1 atom stereocenters. The van der Waals surface area contributed by atoms with Crippen LogP contribution in [0.4, 0.5) is 5.69 Å². The maximum atomic E-state index is 11.3. The zero-order valence-corrected chi connectivity index (χ0v) is 10.7. The van der Waals surface area contributed by atoms with Crippen LogP contribution in [0.5, 0.6) is 0 Å². The van der Waals surface area contributed by atoms with E-state index in [9.17, 15) is 13.5 Å². The van der Waals surface area contributed by atoms with E-state index in [-0.39, 0.29) is 5.56 Å². The fourth-order valence-electron chi connectivity index (χ4n) is 1.13. The van der Waals surface area contributed by atoms with Crippen molar-refractivity contribution in [3.8, 4) is 0 Å². The minimum absolute atomic E-state index is 0.246. The minimum atomic E-state index is -3.82. The fraction of sp³-hybridized carbons (Fsp3) is 0.333. The summed E-state index contributed by atoms with van der Waals surface area (Å²) in [6.07, 6.45) is -0.711. The van der Waals surface area contributed by atoms with Gasteiger partial charge in [-0.15, -0.1) is 0 Å². The topological polar surface area (TPSA) is 80.4 Å². The van der Waals surface area contributed by atoms with Crippen LogP contribution in [0, 0.1) is 0 Å². The average Bonchev–Trinajstić information content (AvgIpc) is 2.14. The normalized spacial score (nSPS) is 14.8. The van der Waals surface area contributed by atoms with E-state index in [2.05, 4.69) is 0 Å². The highest BCUT2D eigenvalue weighted by Crippen LogP contribution is 2.40. The van der Waals surface area contributed by atoms with Crippen LogP contribution in [-0.4, -0.2) is 23.4 Å². The van der Waals surface area contributed by atoms with Crippen LogP contribution >= 0.6 is 23.2 Å². The summed E-state index contributed by atoms with van der Waals surface area (Å²) in [5, 5.41) is 9.81. The van der Waals surface area contributed by atoms with Gasteiger partial charge >= 0.3 is 0 Å². The summed E-state index contributed by atoms with van der Waals surface area (Å²) in [5.41, 5.74) is 6.13. The van der Waals surface area contributed by atoms with Crippen LogP contribution in [0.15, 0.2) is 24.3 Å². The first-order chi connectivity index (χ1) is 7.16. The van der Waals surface area contributed by atoms with Crippen LogP contribution < -0.4 is 5.73 Å². The van der Waals surface area contributed by atoms with Crippen LogP contribution in [0.3, 0.4) is 0 Å². The van der Waals surface area contributed by atoms with Gasteiger partial charge in [0.1, 0.15) is 6.10 Å². The van der Waals surface area contributed by atoms with Gasteiger partial charge in [0.15, 0.2) is 9.84 Å². The lowest BCUT2D eigenvalue weighted by atomic mass is 10.1. The summed E-state index contributed by atoms with van der Waals surface area (Å²) in [4.78, 5) is 0. The van der Waals surface area contributed by atoms with Crippen LogP contribution in [0.2, 0.25) is 0 Å². The van der Waals surface area contributed by atoms with E-state index < -0.39 is 19.6 Å². The van der Waals surface area contributed by atoms with Gasteiger partial charge in [0, 0.05) is 11.9 Å². The first-order valence-electron chi connectivity index (χ1n) is 4.27. The van der Waals surface area contributed by atoms with Gasteiger partial charge in [0.05, 0.1) is 0 Å². The number of rotatable bonds is 3. The molecule has 16 heavy (non-hydrogen) atoms. The number of anilines is 1. The first kappa shape index (κ1) is 13.6. The average molecular weight is 284 g/mol. The Bertz CT molecular complexity index is 487. The molecule has 1 rings (SSSR count). The molecule has 0 saturated heterocycles. The van der Waals surface area contributed by atoms with E-state index in [1.807, 2.05) is 0 Å². The third kappa shape index (κ3) is 2.60. The maximum Gasteiger partial charge on any atom is 0.247 e. The molecule has 0 spiro atoms. The zero-order valence-electron chi connectivity index (χ0n) is 8.39. The molecule has 0 aliphatic carbocycles. The van der Waals surface area contributed by atoms with Crippen LogP contribution in [-0.2, 0) is 9.84 Å². The van der Waals surface area contributed by atoms with E-state index in [0.29, 0.717) is 5.69 Å². The molecule has 3 N–H and O–H groups in total. The van der Waals surface area contributed by atoms with Crippen LogP contribution in [0.25, 0.3) is 0 Å². The van der Waals surface area contributed by atoms with E-state index >= 15 is 0 Å². The molecule has 4 nitrogen and oxygen atoms in total. The Morgan fingerprint density at radius 3 is 2.44 bits per heavy atom. The molecular formula is C9H11Cl2NO3S. The van der Waals surface area contributed by atoms with Gasteiger partial charge in [-0.3, -0.25) is 0 Å². The summed E-state index contributed by atoms with van der Waals surface area (Å²) < 4.78 is 20.3. The first-order valence-corrected chi connectivity index (χ1v) is 6.92. The van der Waals surface area contributed by atoms with Crippen molar-refractivity contribution < 1.29 is 13.5 Å². The van der Waals surface area contributed by atoms with Crippen molar-refractivity contribution in [1.29, 1.82) is 0 Å². The molecule has 0 aromatic heterocycles. The SMILES string of the molecule is CS(=O)(=O)C(Cl)(Cl)[C@@H](O)c1cccc(N)c1. The van der Waals surface area contributed by atoms with Gasteiger partial charge in [-0.1, -0.05) is 35.3 Å². The molecule has 0 fully saturated rings. The van der Waals surface area contributed by atoms with Crippen molar-refractivity contribution in [3.05, 3.63) is 29.8 Å². The molecule has 0 unspecified atom stereocenters. The summed E-state index contributed by atoms with van der Waals surface area (Å²) in [7, 11) is -3.82. The monoisotopic (exact) mass is 283 g/mol. The highest BCUT2D eigenvalue weighted by molar-refractivity contribution is 7.94. The smallest absolute Gasteiger partial charge is 0.247 e. The number of sulfone groups is 1. The second kappa shape index (κ2) is 4.41. The number of alkyl halides is 2. The van der Waals surface area contributed by atoms with Crippen molar-refractivity contribution in [2.45, 2.75) is 9.77 Å². The van der Waals surface area contributed by atoms with Crippen molar-refractivity contribution in [3.63, 3.8) is 0 Å². The second-order valence-electron chi connectivity index (χ2n) is 3.41. The molecule has 0 heterocycles. The Kier molecular flexibility index (Phi) is 3.74. The summed E-state index contributed by atoms with van der Waals surface area (Å²) in [6.45, 7) is 0. The molecule has 0 aliphatic rings. The zero-order chi connectivity index (χ0) is 12.6. The number of nitrogens with two attached hydrogens (primary N) is 1. The van der Waals surface area contributed by atoms with Gasteiger partial charge in [0.25, 0.3) is 0 Å². The lowest BCUT2D eigenvalue weighted by Crippen LogP contribution is -2.32. The molecule has 1 aromatic carbocycles. The third-order valence-electron chi connectivity index (χ3n) is 2.04. The van der Waals surface area contributed by atoms with Crippen molar-refractivity contribution in [1.82, 2.24) is 0 Å². The standard InChI is InChI=1S/C9H11Cl2NO3S/c1-16(14,15)9(10,11)8(13)6-3-2-4-7(12)5-6/h2-5,8,13H,12H2,1H3/t8-/m0/s1. The number of aliphatic hydroxyl groups excluding tert-OH is 1. The van der Waals surface area contributed by atoms with Gasteiger partial charge in [-0.25, -0.2) is 8.42 Å². The maximum absolute atomic E-state index is 11.3. The molecule has 0 amide bonds. The Balaban J connectivity index is 3.17. The number of hydrogen-bond donors (Lipinski definition) is 2. The molecular weight excluding hydrogens is 273 g/mol. The van der Waals surface area contributed by atoms with Gasteiger partial charge in [-0.2, -0.15) is 0 Å². The summed E-state index contributed by atoms with van der Waals surface area (Å²) >= 11 is 11.3. The quantitative estimate of drug-likeness (QED) is 0.650. The Labute approximate surface area is 104 Å². The molecule has 1 aromatic rings. The van der Waals surface area contributed by atoms with Gasteiger partial charge < -0.3 is 10.8 Å². The highest BCUT2D eigenvalue weighted by atomic mass is 35.5. The fourth-order valence-corrected chi connectivity index (χ4v) is 1.92. The number of hydrogen-bond acceptors (Lipinski definition) is 4.